The fourth-order valence-corrected chi connectivity index (χ4v) is 2.67. The Hall–Kier alpha value is -2.62. The number of benzene rings is 2. The molecule has 0 aromatic heterocycles. The van der Waals surface area contributed by atoms with E-state index in [1.807, 2.05) is 30.3 Å². The first-order valence-corrected chi connectivity index (χ1v) is 7.37. The number of nitrogens with one attached hydrogen (secondary N) is 2. The second-order valence-electron chi connectivity index (χ2n) is 5.61. The molecule has 2 amide bonds. The third-order valence-corrected chi connectivity index (χ3v) is 3.81. The molecule has 1 saturated carbocycles. The van der Waals surface area contributed by atoms with Crippen LogP contribution in [0.5, 0.6) is 0 Å². The first kappa shape index (κ1) is 14.3. The third-order valence-electron chi connectivity index (χ3n) is 3.81. The number of hydrogen-bond acceptors (Lipinski definition) is 2. The van der Waals surface area contributed by atoms with E-state index in [1.165, 1.54) is 12.5 Å². The van der Waals surface area contributed by atoms with Crippen molar-refractivity contribution in [3.05, 3.63) is 60.2 Å². The Labute approximate surface area is 129 Å². The molecule has 2 N–H and O–H groups in total. The summed E-state index contributed by atoms with van der Waals surface area (Å²) in [5.74, 6) is 0.259. The zero-order valence-corrected chi connectivity index (χ0v) is 12.4. The van der Waals surface area contributed by atoms with Gasteiger partial charge in [-0.1, -0.05) is 36.4 Å². The number of amides is 2. The molecular weight excluding hydrogens is 276 g/mol. The largest absolute Gasteiger partial charge is 0.326 e. The van der Waals surface area contributed by atoms with E-state index >= 15 is 0 Å². The Morgan fingerprint density at radius 2 is 1.64 bits per heavy atom. The minimum absolute atomic E-state index is 0.0341. The number of carbonyl (C=O) groups excluding carboxylic acids is 2. The highest BCUT2D eigenvalue weighted by atomic mass is 16.2. The van der Waals surface area contributed by atoms with Crippen LogP contribution in [0, 0.1) is 5.92 Å². The van der Waals surface area contributed by atoms with Crippen molar-refractivity contribution in [2.75, 3.05) is 10.6 Å². The van der Waals surface area contributed by atoms with Gasteiger partial charge in [0, 0.05) is 24.2 Å². The average molecular weight is 294 g/mol. The first-order valence-electron chi connectivity index (χ1n) is 7.37. The van der Waals surface area contributed by atoms with Gasteiger partial charge in [0.05, 0.1) is 0 Å². The van der Waals surface area contributed by atoms with Crippen molar-refractivity contribution < 1.29 is 9.59 Å². The molecule has 3 rings (SSSR count). The highest BCUT2D eigenvalue weighted by molar-refractivity contribution is 5.96. The number of rotatable bonds is 4. The second kappa shape index (κ2) is 6.02. The lowest BCUT2D eigenvalue weighted by Gasteiger charge is -2.08. The fraction of sp³-hybridized carbons (Fsp3) is 0.222. The van der Waals surface area contributed by atoms with E-state index in [4.69, 9.17) is 0 Å². The number of hydrogen-bond donors (Lipinski definition) is 2. The SMILES string of the molecule is CC(=O)Nc1cccc(NC(=O)[C@H]2C[C@@H]2c2ccccc2)c1. The molecule has 0 saturated heterocycles. The van der Waals surface area contributed by atoms with Crippen LogP contribution in [0.25, 0.3) is 0 Å². The highest BCUT2D eigenvalue weighted by Crippen LogP contribution is 2.47. The van der Waals surface area contributed by atoms with Gasteiger partial charge in [-0.3, -0.25) is 9.59 Å². The van der Waals surface area contributed by atoms with Crippen molar-refractivity contribution in [2.24, 2.45) is 5.92 Å². The van der Waals surface area contributed by atoms with Crippen molar-refractivity contribution >= 4 is 23.2 Å². The Morgan fingerprint density at radius 3 is 2.32 bits per heavy atom. The maximum atomic E-state index is 12.3. The summed E-state index contributed by atoms with van der Waals surface area (Å²) in [5.41, 5.74) is 2.60. The van der Waals surface area contributed by atoms with Gasteiger partial charge < -0.3 is 10.6 Å². The zero-order chi connectivity index (χ0) is 15.5. The van der Waals surface area contributed by atoms with E-state index in [2.05, 4.69) is 22.8 Å². The fourth-order valence-electron chi connectivity index (χ4n) is 2.67. The molecule has 4 heteroatoms. The summed E-state index contributed by atoms with van der Waals surface area (Å²) in [6, 6.07) is 17.3. The van der Waals surface area contributed by atoms with Crippen LogP contribution in [0.3, 0.4) is 0 Å². The standard InChI is InChI=1S/C18H18N2O2/c1-12(21)19-14-8-5-9-15(10-14)20-18(22)17-11-16(17)13-6-3-2-4-7-13/h2-10,16-17H,11H2,1H3,(H,19,21)(H,20,22)/t16-,17+/m1/s1. The smallest absolute Gasteiger partial charge is 0.228 e. The summed E-state index contributed by atoms with van der Waals surface area (Å²) >= 11 is 0. The topological polar surface area (TPSA) is 58.2 Å². The van der Waals surface area contributed by atoms with E-state index in [9.17, 15) is 9.59 Å². The quantitative estimate of drug-likeness (QED) is 0.908. The van der Waals surface area contributed by atoms with Crippen LogP contribution in [0.2, 0.25) is 0 Å². The lowest BCUT2D eigenvalue weighted by Crippen LogP contribution is -2.15. The summed E-state index contributed by atoms with van der Waals surface area (Å²) in [4.78, 5) is 23.4. The highest BCUT2D eigenvalue weighted by Gasteiger charge is 2.43. The van der Waals surface area contributed by atoms with Crippen LogP contribution >= 0.6 is 0 Å². The van der Waals surface area contributed by atoms with Crippen LogP contribution in [0.4, 0.5) is 11.4 Å². The average Bonchev–Trinajstić information content (AvgIpc) is 3.28. The minimum Gasteiger partial charge on any atom is -0.326 e. The van der Waals surface area contributed by atoms with E-state index in [1.54, 1.807) is 12.1 Å². The van der Waals surface area contributed by atoms with Gasteiger partial charge in [0.25, 0.3) is 0 Å². The number of anilines is 2. The van der Waals surface area contributed by atoms with Crippen molar-refractivity contribution in [1.29, 1.82) is 0 Å². The van der Waals surface area contributed by atoms with Gasteiger partial charge >= 0.3 is 0 Å². The molecule has 22 heavy (non-hydrogen) atoms. The van der Waals surface area contributed by atoms with Crippen LogP contribution in [0.1, 0.15) is 24.8 Å². The normalized spacial score (nSPS) is 19.3. The van der Waals surface area contributed by atoms with Gasteiger partial charge in [0.2, 0.25) is 11.8 Å². The summed E-state index contributed by atoms with van der Waals surface area (Å²) in [6.45, 7) is 1.46. The maximum Gasteiger partial charge on any atom is 0.228 e. The molecule has 4 nitrogen and oxygen atoms in total. The molecule has 0 radical (unpaired) electrons. The maximum absolute atomic E-state index is 12.3. The lowest BCUT2D eigenvalue weighted by atomic mass is 10.1. The van der Waals surface area contributed by atoms with Crippen molar-refractivity contribution in [3.8, 4) is 0 Å². The Kier molecular flexibility index (Phi) is 3.92. The summed E-state index contributed by atoms with van der Waals surface area (Å²) in [7, 11) is 0. The monoisotopic (exact) mass is 294 g/mol. The summed E-state index contributed by atoms with van der Waals surface area (Å²) in [6.07, 6.45) is 0.890. The van der Waals surface area contributed by atoms with Crippen molar-refractivity contribution in [2.45, 2.75) is 19.3 Å². The second-order valence-corrected chi connectivity index (χ2v) is 5.61. The minimum atomic E-state index is -0.130. The van der Waals surface area contributed by atoms with Crippen LogP contribution in [0.15, 0.2) is 54.6 Å². The molecule has 0 bridgehead atoms. The lowest BCUT2D eigenvalue weighted by molar-refractivity contribution is -0.117. The molecule has 112 valence electrons. The molecule has 2 aromatic carbocycles. The molecule has 1 fully saturated rings. The number of carbonyl (C=O) groups is 2. The first-order chi connectivity index (χ1) is 10.6. The molecule has 0 spiro atoms. The molecule has 1 aliphatic rings. The van der Waals surface area contributed by atoms with Gasteiger partial charge in [0.1, 0.15) is 0 Å². The van der Waals surface area contributed by atoms with Crippen LogP contribution in [-0.4, -0.2) is 11.8 Å². The summed E-state index contributed by atoms with van der Waals surface area (Å²) in [5, 5.41) is 5.63. The predicted molar refractivity (Wildman–Crippen MR) is 86.7 cm³/mol. The Morgan fingerprint density at radius 1 is 0.955 bits per heavy atom. The van der Waals surface area contributed by atoms with Crippen molar-refractivity contribution in [1.82, 2.24) is 0 Å². The Bertz CT molecular complexity index is 697. The molecular formula is C18H18N2O2. The molecule has 2 aromatic rings. The van der Waals surface area contributed by atoms with Gasteiger partial charge in [-0.25, -0.2) is 0 Å². The van der Waals surface area contributed by atoms with E-state index in [0.717, 1.165) is 6.42 Å². The van der Waals surface area contributed by atoms with E-state index in [0.29, 0.717) is 17.3 Å². The van der Waals surface area contributed by atoms with Crippen LogP contribution < -0.4 is 10.6 Å². The molecule has 1 aliphatic carbocycles. The molecule has 0 heterocycles. The van der Waals surface area contributed by atoms with Crippen molar-refractivity contribution in [3.63, 3.8) is 0 Å². The van der Waals surface area contributed by atoms with Gasteiger partial charge in [-0.2, -0.15) is 0 Å². The van der Waals surface area contributed by atoms with E-state index in [-0.39, 0.29) is 17.7 Å². The predicted octanol–water partition coefficient (Wildman–Crippen LogP) is 3.39. The van der Waals surface area contributed by atoms with Gasteiger partial charge in [0.15, 0.2) is 0 Å². The van der Waals surface area contributed by atoms with Gasteiger partial charge in [-0.05, 0) is 36.1 Å². The summed E-state index contributed by atoms with van der Waals surface area (Å²) < 4.78 is 0. The molecule has 0 unspecified atom stereocenters. The van der Waals surface area contributed by atoms with E-state index < -0.39 is 0 Å². The third kappa shape index (κ3) is 3.34. The zero-order valence-electron chi connectivity index (χ0n) is 12.4. The molecule has 2 atom stereocenters. The van der Waals surface area contributed by atoms with Crippen LogP contribution in [-0.2, 0) is 9.59 Å². The van der Waals surface area contributed by atoms with Gasteiger partial charge in [-0.15, -0.1) is 0 Å². The Balaban J connectivity index is 1.62. The molecule has 0 aliphatic heterocycles.